The smallest absolute Gasteiger partial charge is 0.181 e. The van der Waals surface area contributed by atoms with Crippen LogP contribution in [0.15, 0.2) is 23.3 Å². The Morgan fingerprint density at radius 2 is 2.20 bits per heavy atom. The fourth-order valence-electron chi connectivity index (χ4n) is 1.94. The molecule has 2 nitrogen and oxygen atoms in total. The maximum Gasteiger partial charge on any atom is 0.181 e. The molecule has 3 rings (SSSR count). The van der Waals surface area contributed by atoms with E-state index in [9.17, 15) is 0 Å². The van der Waals surface area contributed by atoms with Gasteiger partial charge in [0.05, 0.1) is 9.88 Å². The minimum Gasteiger partial charge on any atom is -0.375 e. The predicted octanol–water partition coefficient (Wildman–Crippen LogP) is 1.56. The van der Waals surface area contributed by atoms with Crippen LogP contribution in [0.25, 0.3) is 11.6 Å². The molecule has 2 N–H and O–H groups in total. The molecular formula is C11H11IN2S. The van der Waals surface area contributed by atoms with Crippen molar-refractivity contribution in [3.8, 4) is 0 Å². The van der Waals surface area contributed by atoms with Gasteiger partial charge in [0.15, 0.2) is 5.13 Å². The summed E-state index contributed by atoms with van der Waals surface area (Å²) in [6.45, 7) is 2.13. The molecule has 0 aromatic carbocycles. The van der Waals surface area contributed by atoms with Gasteiger partial charge in [-0.15, -0.1) is 24.0 Å². The highest BCUT2D eigenvalue weighted by Crippen LogP contribution is 2.26. The first-order valence-corrected chi connectivity index (χ1v) is 5.42. The number of thiazole rings is 1. The van der Waals surface area contributed by atoms with Crippen molar-refractivity contribution in [1.29, 1.82) is 0 Å². The third kappa shape index (κ3) is 1.65. The van der Waals surface area contributed by atoms with E-state index in [-0.39, 0.29) is 24.0 Å². The molecule has 2 aliphatic carbocycles. The summed E-state index contributed by atoms with van der Waals surface area (Å²) in [5, 5.41) is 1.77. The van der Waals surface area contributed by atoms with Crippen molar-refractivity contribution in [2.24, 2.45) is 0 Å². The van der Waals surface area contributed by atoms with Crippen LogP contribution in [0, 0.1) is 0 Å². The Morgan fingerprint density at radius 3 is 3.00 bits per heavy atom. The van der Waals surface area contributed by atoms with E-state index in [1.807, 2.05) is 0 Å². The molecule has 0 radical (unpaired) electrons. The van der Waals surface area contributed by atoms with Crippen molar-refractivity contribution in [3.05, 3.63) is 33.2 Å². The van der Waals surface area contributed by atoms with E-state index < -0.39 is 0 Å². The fraction of sp³-hybridized carbons (Fsp3) is 0.182. The van der Waals surface area contributed by atoms with Crippen LogP contribution in [-0.4, -0.2) is 4.98 Å². The molecule has 1 aromatic rings. The van der Waals surface area contributed by atoms with E-state index >= 15 is 0 Å². The van der Waals surface area contributed by atoms with Crippen LogP contribution < -0.4 is 15.6 Å². The minimum atomic E-state index is 0. The minimum absolute atomic E-state index is 0. The summed E-state index contributed by atoms with van der Waals surface area (Å²) < 4.78 is 1.21. The maximum atomic E-state index is 5.68. The SMILES string of the molecule is CC1=CCC2=c3nc(N)sc3=CC2=C1.I. The van der Waals surface area contributed by atoms with E-state index in [0.29, 0.717) is 5.13 Å². The van der Waals surface area contributed by atoms with Gasteiger partial charge in [-0.25, -0.2) is 4.98 Å². The number of nitrogen functional groups attached to an aromatic ring is 1. The molecule has 0 atom stereocenters. The van der Waals surface area contributed by atoms with Gasteiger partial charge in [-0.1, -0.05) is 29.1 Å². The lowest BCUT2D eigenvalue weighted by molar-refractivity contribution is 1.24. The normalized spacial score (nSPS) is 17.0. The lowest BCUT2D eigenvalue weighted by Gasteiger charge is -2.08. The number of allylic oxidation sites excluding steroid dienone is 4. The molecule has 0 saturated carbocycles. The number of hydrogen-bond donors (Lipinski definition) is 1. The second-order valence-electron chi connectivity index (χ2n) is 3.64. The first-order chi connectivity index (χ1) is 6.74. The summed E-state index contributed by atoms with van der Waals surface area (Å²) in [5.41, 5.74) is 9.66. The molecule has 1 aromatic heterocycles. The van der Waals surface area contributed by atoms with Crippen molar-refractivity contribution in [3.63, 3.8) is 0 Å². The van der Waals surface area contributed by atoms with Crippen LogP contribution in [0.2, 0.25) is 0 Å². The highest BCUT2D eigenvalue weighted by molar-refractivity contribution is 14.0. The number of nitrogens with two attached hydrogens (primary N) is 1. The molecule has 2 aliphatic rings. The third-order valence-electron chi connectivity index (χ3n) is 2.60. The molecule has 0 bridgehead atoms. The second-order valence-corrected chi connectivity index (χ2v) is 4.70. The number of hydrogen-bond acceptors (Lipinski definition) is 3. The van der Waals surface area contributed by atoms with Gasteiger partial charge in [0.25, 0.3) is 0 Å². The van der Waals surface area contributed by atoms with Gasteiger partial charge in [-0.2, -0.15) is 0 Å². The van der Waals surface area contributed by atoms with E-state index in [0.717, 1.165) is 11.8 Å². The summed E-state index contributed by atoms with van der Waals surface area (Å²) in [5.74, 6) is 0. The van der Waals surface area contributed by atoms with Crippen molar-refractivity contribution < 1.29 is 0 Å². The van der Waals surface area contributed by atoms with Crippen LogP contribution in [0.1, 0.15) is 13.3 Å². The van der Waals surface area contributed by atoms with Crippen LogP contribution in [-0.2, 0) is 0 Å². The Hall–Kier alpha value is -0.620. The number of anilines is 1. The number of aromatic nitrogens is 1. The Balaban J connectivity index is 0.000000853. The maximum absolute atomic E-state index is 5.68. The summed E-state index contributed by atoms with van der Waals surface area (Å²) in [6.07, 6.45) is 7.63. The Kier molecular flexibility index (Phi) is 2.72. The molecule has 0 fully saturated rings. The van der Waals surface area contributed by atoms with Crippen molar-refractivity contribution >= 4 is 52.1 Å². The van der Waals surface area contributed by atoms with Crippen LogP contribution in [0.4, 0.5) is 5.13 Å². The topological polar surface area (TPSA) is 38.9 Å². The zero-order valence-electron chi connectivity index (χ0n) is 8.28. The molecular weight excluding hydrogens is 319 g/mol. The van der Waals surface area contributed by atoms with Gasteiger partial charge in [0.2, 0.25) is 0 Å². The fourth-order valence-corrected chi connectivity index (χ4v) is 2.75. The average molecular weight is 330 g/mol. The van der Waals surface area contributed by atoms with E-state index in [1.165, 1.54) is 21.3 Å². The summed E-state index contributed by atoms with van der Waals surface area (Å²) >= 11 is 1.57. The van der Waals surface area contributed by atoms with Crippen LogP contribution in [0.3, 0.4) is 0 Å². The molecule has 0 amide bonds. The van der Waals surface area contributed by atoms with Crippen molar-refractivity contribution in [2.75, 3.05) is 5.73 Å². The molecule has 15 heavy (non-hydrogen) atoms. The average Bonchev–Trinajstić information content (AvgIpc) is 2.59. The highest BCUT2D eigenvalue weighted by Gasteiger charge is 2.16. The van der Waals surface area contributed by atoms with E-state index in [1.54, 1.807) is 11.3 Å². The number of fused-ring (bicyclic) bond motifs is 2. The quantitative estimate of drug-likeness (QED) is 0.734. The largest absolute Gasteiger partial charge is 0.375 e. The zero-order valence-corrected chi connectivity index (χ0v) is 11.4. The molecule has 4 heteroatoms. The number of nitrogens with zero attached hydrogens (tertiary/aromatic N) is 1. The zero-order chi connectivity index (χ0) is 9.71. The van der Waals surface area contributed by atoms with Crippen LogP contribution >= 0.6 is 35.3 Å². The van der Waals surface area contributed by atoms with Gasteiger partial charge >= 0.3 is 0 Å². The predicted molar refractivity (Wildman–Crippen MR) is 75.5 cm³/mol. The van der Waals surface area contributed by atoms with E-state index in [2.05, 4.69) is 30.1 Å². The van der Waals surface area contributed by atoms with Crippen molar-refractivity contribution in [1.82, 2.24) is 4.98 Å². The summed E-state index contributed by atoms with van der Waals surface area (Å²) in [6, 6.07) is 0. The Labute approximate surface area is 109 Å². The number of halogens is 1. The molecule has 0 aliphatic heterocycles. The molecule has 78 valence electrons. The Morgan fingerprint density at radius 1 is 1.40 bits per heavy atom. The van der Waals surface area contributed by atoms with Gasteiger partial charge in [0.1, 0.15) is 0 Å². The molecule has 0 unspecified atom stereocenters. The molecule has 1 heterocycles. The van der Waals surface area contributed by atoms with E-state index in [4.69, 9.17) is 5.73 Å². The highest BCUT2D eigenvalue weighted by atomic mass is 127. The second kappa shape index (κ2) is 3.75. The summed E-state index contributed by atoms with van der Waals surface area (Å²) in [7, 11) is 0. The van der Waals surface area contributed by atoms with Crippen LogP contribution in [0.5, 0.6) is 0 Å². The molecule has 0 spiro atoms. The standard InChI is InChI=1S/C11H10N2S.HI/c1-6-2-3-8-7(4-6)5-9-10(8)13-11(12)14-9;/h2,4-5H,3H2,1H3,(H2,12,13);1H. The van der Waals surface area contributed by atoms with Gasteiger partial charge in [-0.05, 0) is 30.6 Å². The van der Waals surface area contributed by atoms with Gasteiger partial charge in [0, 0.05) is 0 Å². The first kappa shape index (κ1) is 10.9. The Bertz CT molecular complexity index is 593. The molecule has 0 saturated heterocycles. The third-order valence-corrected chi connectivity index (χ3v) is 3.43. The first-order valence-electron chi connectivity index (χ1n) is 4.60. The lowest BCUT2D eigenvalue weighted by Crippen LogP contribution is -2.19. The summed E-state index contributed by atoms with van der Waals surface area (Å²) in [4.78, 5) is 4.36. The van der Waals surface area contributed by atoms with Gasteiger partial charge < -0.3 is 5.73 Å². The monoisotopic (exact) mass is 330 g/mol. The lowest BCUT2D eigenvalue weighted by atomic mass is 9.97. The number of rotatable bonds is 0. The van der Waals surface area contributed by atoms with Gasteiger partial charge in [-0.3, -0.25) is 0 Å². The van der Waals surface area contributed by atoms with Crippen molar-refractivity contribution in [2.45, 2.75) is 13.3 Å².